The molecule has 3 aromatic rings. The van der Waals surface area contributed by atoms with Crippen molar-refractivity contribution in [2.75, 3.05) is 0 Å². The Morgan fingerprint density at radius 3 is 2.70 bits per heavy atom. The van der Waals surface area contributed by atoms with Crippen LogP contribution in [0, 0.1) is 11.3 Å². The van der Waals surface area contributed by atoms with Crippen molar-refractivity contribution >= 4 is 0 Å². The topological polar surface area (TPSA) is 76.6 Å². The number of tetrazole rings is 1. The van der Waals surface area contributed by atoms with Crippen LogP contribution in [0.2, 0.25) is 0 Å². The summed E-state index contributed by atoms with van der Waals surface area (Å²) in [7, 11) is 0. The van der Waals surface area contributed by atoms with Gasteiger partial charge in [-0.1, -0.05) is 34.5 Å². The zero-order chi connectivity index (χ0) is 13.8. The van der Waals surface area contributed by atoms with E-state index in [0.29, 0.717) is 11.3 Å². The van der Waals surface area contributed by atoms with Crippen LogP contribution < -0.4 is 4.74 Å². The number of hydrogen-bond donors (Lipinski definition) is 0. The molecule has 96 valence electrons. The molecule has 6 heteroatoms. The van der Waals surface area contributed by atoms with Gasteiger partial charge in [-0.25, -0.2) is 0 Å². The first-order chi connectivity index (χ1) is 9.85. The molecule has 0 atom stereocenters. The fourth-order valence-electron chi connectivity index (χ4n) is 1.65. The van der Waals surface area contributed by atoms with Crippen molar-refractivity contribution in [3.63, 3.8) is 0 Å². The molecule has 0 radical (unpaired) electrons. The number of ether oxygens (including phenoxy) is 1. The van der Waals surface area contributed by atoms with Crippen LogP contribution in [0.4, 0.5) is 0 Å². The van der Waals surface area contributed by atoms with Crippen molar-refractivity contribution in [3.8, 4) is 23.5 Å². The maximum absolute atomic E-state index is 8.83. The zero-order valence-corrected chi connectivity index (χ0v) is 10.3. The van der Waals surface area contributed by atoms with Crippen LogP contribution in [0.25, 0.3) is 5.69 Å². The van der Waals surface area contributed by atoms with Gasteiger partial charge >= 0.3 is 6.01 Å². The van der Waals surface area contributed by atoms with E-state index in [9.17, 15) is 0 Å². The second kappa shape index (κ2) is 5.20. The average molecular weight is 263 g/mol. The molecule has 1 heterocycles. The maximum Gasteiger partial charge on any atom is 0.361 e. The lowest BCUT2D eigenvalue weighted by molar-refractivity contribution is 0.440. The van der Waals surface area contributed by atoms with Crippen LogP contribution in [0.5, 0.6) is 11.8 Å². The molecule has 20 heavy (non-hydrogen) atoms. The van der Waals surface area contributed by atoms with E-state index in [0.717, 1.165) is 5.69 Å². The van der Waals surface area contributed by atoms with E-state index in [1.165, 1.54) is 4.80 Å². The summed E-state index contributed by atoms with van der Waals surface area (Å²) in [5, 5.41) is 20.7. The Morgan fingerprint density at radius 2 is 1.90 bits per heavy atom. The van der Waals surface area contributed by atoms with Crippen LogP contribution in [0.1, 0.15) is 5.56 Å². The van der Waals surface area contributed by atoms with E-state index in [-0.39, 0.29) is 6.01 Å². The molecule has 0 aliphatic rings. The Bertz CT molecular complexity index is 760. The molecular formula is C14H9N5O. The highest BCUT2D eigenvalue weighted by Crippen LogP contribution is 2.18. The highest BCUT2D eigenvalue weighted by molar-refractivity contribution is 5.37. The Morgan fingerprint density at radius 1 is 1.05 bits per heavy atom. The summed E-state index contributed by atoms with van der Waals surface area (Å²) in [6.45, 7) is 0. The Balaban J connectivity index is 1.83. The number of aromatic nitrogens is 4. The molecule has 0 N–H and O–H groups in total. The van der Waals surface area contributed by atoms with Gasteiger partial charge in [0.15, 0.2) is 0 Å². The van der Waals surface area contributed by atoms with Crippen molar-refractivity contribution in [1.29, 1.82) is 5.26 Å². The molecule has 0 unspecified atom stereocenters. The lowest BCUT2D eigenvalue weighted by atomic mass is 10.2. The molecule has 0 amide bonds. The van der Waals surface area contributed by atoms with Crippen LogP contribution >= 0.6 is 0 Å². The second-order valence-electron chi connectivity index (χ2n) is 3.94. The van der Waals surface area contributed by atoms with E-state index in [1.54, 1.807) is 24.3 Å². The third-order valence-corrected chi connectivity index (χ3v) is 2.55. The van der Waals surface area contributed by atoms with Gasteiger partial charge in [0.25, 0.3) is 0 Å². The first-order valence-corrected chi connectivity index (χ1v) is 5.88. The maximum atomic E-state index is 8.83. The van der Waals surface area contributed by atoms with Gasteiger partial charge in [0.2, 0.25) is 0 Å². The summed E-state index contributed by atoms with van der Waals surface area (Å²) in [5.74, 6) is 0.497. The van der Waals surface area contributed by atoms with E-state index >= 15 is 0 Å². The number of hydrogen-bond acceptors (Lipinski definition) is 5. The summed E-state index contributed by atoms with van der Waals surface area (Å²) < 4.78 is 5.47. The fraction of sp³-hybridized carbons (Fsp3) is 0. The van der Waals surface area contributed by atoms with Gasteiger partial charge in [0, 0.05) is 0 Å². The van der Waals surface area contributed by atoms with Crippen LogP contribution in [-0.4, -0.2) is 20.2 Å². The first-order valence-electron chi connectivity index (χ1n) is 5.88. The smallest absolute Gasteiger partial charge is 0.361 e. The van der Waals surface area contributed by atoms with Crippen molar-refractivity contribution in [1.82, 2.24) is 20.2 Å². The van der Waals surface area contributed by atoms with Gasteiger partial charge in [0.05, 0.1) is 17.3 Å². The molecule has 0 aliphatic heterocycles. The summed E-state index contributed by atoms with van der Waals surface area (Å²) in [4.78, 5) is 1.38. The van der Waals surface area contributed by atoms with Crippen molar-refractivity contribution in [2.45, 2.75) is 0 Å². The van der Waals surface area contributed by atoms with E-state index in [4.69, 9.17) is 10.00 Å². The minimum atomic E-state index is 0.129. The van der Waals surface area contributed by atoms with Gasteiger partial charge in [-0.3, -0.25) is 0 Å². The second-order valence-corrected chi connectivity index (χ2v) is 3.94. The summed E-state index contributed by atoms with van der Waals surface area (Å²) in [5.41, 5.74) is 1.30. The number of para-hydroxylation sites is 1. The number of benzene rings is 2. The molecule has 0 saturated carbocycles. The molecular weight excluding hydrogens is 254 g/mol. The van der Waals surface area contributed by atoms with Crippen LogP contribution in [0.15, 0.2) is 54.6 Å². The quantitative estimate of drug-likeness (QED) is 0.724. The minimum absolute atomic E-state index is 0.129. The van der Waals surface area contributed by atoms with Gasteiger partial charge in [-0.05, 0) is 35.5 Å². The SMILES string of the molecule is N#Cc1cccc(Oc2nnn(-c3ccccc3)n2)c1. The minimum Gasteiger partial charge on any atom is -0.422 e. The predicted octanol–water partition coefficient (Wildman–Crippen LogP) is 2.33. The van der Waals surface area contributed by atoms with Crippen LogP contribution in [-0.2, 0) is 0 Å². The average Bonchev–Trinajstić information content (AvgIpc) is 2.97. The summed E-state index contributed by atoms with van der Waals surface area (Å²) in [6.07, 6.45) is 0. The normalized spacial score (nSPS) is 9.95. The Kier molecular flexibility index (Phi) is 3.08. The molecule has 0 aliphatic carbocycles. The Hall–Kier alpha value is -3.20. The molecule has 0 saturated heterocycles. The molecule has 3 rings (SSSR count). The third-order valence-electron chi connectivity index (χ3n) is 2.55. The lowest BCUT2D eigenvalue weighted by Crippen LogP contribution is -1.98. The van der Waals surface area contributed by atoms with Gasteiger partial charge in [-0.15, -0.1) is 4.80 Å². The third kappa shape index (κ3) is 2.47. The lowest BCUT2D eigenvalue weighted by Gasteiger charge is -1.99. The van der Waals surface area contributed by atoms with Crippen molar-refractivity contribution < 1.29 is 4.74 Å². The molecule has 1 aromatic heterocycles. The predicted molar refractivity (Wildman–Crippen MR) is 70.4 cm³/mol. The molecule has 0 fully saturated rings. The van der Waals surface area contributed by atoms with Gasteiger partial charge in [0.1, 0.15) is 5.75 Å². The number of nitrogens with zero attached hydrogens (tertiary/aromatic N) is 5. The van der Waals surface area contributed by atoms with Crippen LogP contribution in [0.3, 0.4) is 0 Å². The first kappa shape index (κ1) is 11.9. The standard InChI is InChI=1S/C14H9N5O/c15-10-11-5-4-8-13(9-11)20-14-16-18-19(17-14)12-6-2-1-3-7-12/h1-9H. The van der Waals surface area contributed by atoms with E-state index < -0.39 is 0 Å². The molecule has 0 spiro atoms. The fourth-order valence-corrected chi connectivity index (χ4v) is 1.65. The summed E-state index contributed by atoms with van der Waals surface area (Å²) >= 11 is 0. The van der Waals surface area contributed by atoms with E-state index in [2.05, 4.69) is 15.4 Å². The monoisotopic (exact) mass is 263 g/mol. The number of nitriles is 1. The van der Waals surface area contributed by atoms with E-state index in [1.807, 2.05) is 36.4 Å². The highest BCUT2D eigenvalue weighted by Gasteiger charge is 2.07. The number of rotatable bonds is 3. The zero-order valence-electron chi connectivity index (χ0n) is 10.3. The molecule has 6 nitrogen and oxygen atoms in total. The van der Waals surface area contributed by atoms with Crippen molar-refractivity contribution in [2.24, 2.45) is 0 Å². The molecule has 2 aromatic carbocycles. The summed E-state index contributed by atoms with van der Waals surface area (Å²) in [6, 6.07) is 18.3. The largest absolute Gasteiger partial charge is 0.422 e. The van der Waals surface area contributed by atoms with Gasteiger partial charge in [-0.2, -0.15) is 5.26 Å². The molecule has 0 bridgehead atoms. The van der Waals surface area contributed by atoms with Crippen molar-refractivity contribution in [3.05, 3.63) is 60.2 Å². The Labute approximate surface area is 114 Å². The van der Waals surface area contributed by atoms with Gasteiger partial charge < -0.3 is 4.74 Å². The highest BCUT2D eigenvalue weighted by atomic mass is 16.5.